The van der Waals surface area contributed by atoms with E-state index in [1.807, 2.05) is 12.1 Å². The van der Waals surface area contributed by atoms with Gasteiger partial charge in [-0.3, -0.25) is 14.6 Å². The topological polar surface area (TPSA) is 53.5 Å². The van der Waals surface area contributed by atoms with Crippen LogP contribution in [0.2, 0.25) is 0 Å². The maximum atomic E-state index is 13.0. The fourth-order valence-corrected chi connectivity index (χ4v) is 3.65. The van der Waals surface area contributed by atoms with Crippen LogP contribution in [0.3, 0.4) is 0 Å². The smallest absolute Gasteiger partial charge is 0.253 e. The van der Waals surface area contributed by atoms with E-state index in [-0.39, 0.29) is 17.6 Å². The summed E-state index contributed by atoms with van der Waals surface area (Å²) in [5, 5.41) is 0. The first-order valence-corrected chi connectivity index (χ1v) is 9.58. The Morgan fingerprint density at radius 2 is 1.58 bits per heavy atom. The Morgan fingerprint density at radius 1 is 0.962 bits per heavy atom. The molecule has 0 aliphatic carbocycles. The number of pyridine rings is 1. The van der Waals surface area contributed by atoms with Crippen LogP contribution >= 0.6 is 11.8 Å². The predicted octanol–water partition coefficient (Wildman–Crippen LogP) is 2.44. The minimum absolute atomic E-state index is 0.0953. The summed E-state index contributed by atoms with van der Waals surface area (Å²) in [4.78, 5) is 32.2. The number of halogens is 1. The number of nitrogens with zero attached hydrogens (tertiary/aromatic N) is 3. The number of aromatic nitrogens is 1. The Morgan fingerprint density at radius 3 is 2.23 bits per heavy atom. The lowest BCUT2D eigenvalue weighted by molar-refractivity contribution is -0.129. The first-order chi connectivity index (χ1) is 12.6. The summed E-state index contributed by atoms with van der Waals surface area (Å²) in [5.41, 5.74) is 1.62. The van der Waals surface area contributed by atoms with E-state index in [9.17, 15) is 14.0 Å². The van der Waals surface area contributed by atoms with Gasteiger partial charge in [-0.15, -0.1) is 11.8 Å². The zero-order chi connectivity index (χ0) is 18.4. The second kappa shape index (κ2) is 8.80. The number of hydrogen-bond acceptors (Lipinski definition) is 4. The van der Waals surface area contributed by atoms with E-state index in [1.165, 1.54) is 24.3 Å². The Labute approximate surface area is 156 Å². The van der Waals surface area contributed by atoms with Gasteiger partial charge in [0, 0.05) is 49.9 Å². The average molecular weight is 373 g/mol. The minimum Gasteiger partial charge on any atom is -0.338 e. The molecule has 26 heavy (non-hydrogen) atoms. The van der Waals surface area contributed by atoms with Crippen molar-refractivity contribution >= 4 is 23.6 Å². The molecule has 1 saturated heterocycles. The lowest BCUT2D eigenvalue weighted by atomic mass is 10.2. The van der Waals surface area contributed by atoms with Crippen LogP contribution in [0.1, 0.15) is 15.9 Å². The normalized spacial score (nSPS) is 14.3. The van der Waals surface area contributed by atoms with Gasteiger partial charge >= 0.3 is 0 Å². The molecule has 0 saturated carbocycles. The molecule has 1 aromatic carbocycles. The van der Waals surface area contributed by atoms with Gasteiger partial charge in [0.05, 0.1) is 5.75 Å². The zero-order valence-electron chi connectivity index (χ0n) is 14.3. The van der Waals surface area contributed by atoms with Gasteiger partial charge in [-0.05, 0) is 42.0 Å². The van der Waals surface area contributed by atoms with E-state index in [4.69, 9.17) is 0 Å². The molecule has 5 nitrogen and oxygen atoms in total. The summed E-state index contributed by atoms with van der Waals surface area (Å²) in [7, 11) is 0. The quantitative estimate of drug-likeness (QED) is 0.808. The van der Waals surface area contributed by atoms with Gasteiger partial charge in [-0.25, -0.2) is 4.39 Å². The predicted molar refractivity (Wildman–Crippen MR) is 99.3 cm³/mol. The molecule has 0 unspecified atom stereocenters. The fraction of sp³-hybridized carbons (Fsp3) is 0.316. The molecule has 3 rings (SSSR count). The molecule has 2 aromatic rings. The van der Waals surface area contributed by atoms with Crippen LogP contribution in [0.15, 0.2) is 48.8 Å². The molecule has 2 heterocycles. The third kappa shape index (κ3) is 4.82. The lowest BCUT2D eigenvalue weighted by Crippen LogP contribution is -2.51. The van der Waals surface area contributed by atoms with Crippen molar-refractivity contribution in [3.63, 3.8) is 0 Å². The van der Waals surface area contributed by atoms with Crippen molar-refractivity contribution in [1.29, 1.82) is 0 Å². The SMILES string of the molecule is O=C(CSCc1ccncc1)N1CCN(C(=O)c2ccc(F)cc2)CC1. The highest BCUT2D eigenvalue weighted by molar-refractivity contribution is 7.99. The highest BCUT2D eigenvalue weighted by Crippen LogP contribution is 2.14. The molecule has 0 N–H and O–H groups in total. The molecule has 0 spiro atoms. The molecular formula is C19H20FN3O2S. The van der Waals surface area contributed by atoms with Crippen LogP contribution < -0.4 is 0 Å². The molecular weight excluding hydrogens is 353 g/mol. The maximum absolute atomic E-state index is 13.0. The Hall–Kier alpha value is -2.41. The second-order valence-electron chi connectivity index (χ2n) is 6.03. The van der Waals surface area contributed by atoms with Crippen LogP contribution in [0.5, 0.6) is 0 Å². The third-order valence-corrected chi connectivity index (χ3v) is 5.24. The number of amides is 2. The molecule has 0 radical (unpaired) electrons. The number of benzene rings is 1. The number of hydrogen-bond donors (Lipinski definition) is 0. The van der Waals surface area contributed by atoms with E-state index in [2.05, 4.69) is 4.98 Å². The van der Waals surface area contributed by atoms with E-state index < -0.39 is 0 Å². The number of thioether (sulfide) groups is 1. The largest absolute Gasteiger partial charge is 0.338 e. The van der Waals surface area contributed by atoms with Crippen LogP contribution in [0, 0.1) is 5.82 Å². The van der Waals surface area contributed by atoms with Crippen molar-refractivity contribution in [2.75, 3.05) is 31.9 Å². The van der Waals surface area contributed by atoms with Crippen molar-refractivity contribution < 1.29 is 14.0 Å². The van der Waals surface area contributed by atoms with Gasteiger partial charge in [-0.1, -0.05) is 0 Å². The third-order valence-electron chi connectivity index (χ3n) is 4.25. The summed E-state index contributed by atoms with van der Waals surface area (Å²) in [6.07, 6.45) is 3.49. The van der Waals surface area contributed by atoms with Gasteiger partial charge in [-0.2, -0.15) is 0 Å². The summed E-state index contributed by atoms with van der Waals surface area (Å²) in [6.45, 7) is 2.05. The van der Waals surface area contributed by atoms with Gasteiger partial charge in [0.15, 0.2) is 0 Å². The number of carbonyl (C=O) groups excluding carboxylic acids is 2. The fourth-order valence-electron chi connectivity index (χ4n) is 2.76. The first-order valence-electron chi connectivity index (χ1n) is 8.43. The Balaban J connectivity index is 1.43. The molecule has 0 atom stereocenters. The van der Waals surface area contributed by atoms with Gasteiger partial charge < -0.3 is 9.80 Å². The van der Waals surface area contributed by atoms with Gasteiger partial charge in [0.25, 0.3) is 5.91 Å². The van der Waals surface area contributed by atoms with Crippen molar-refractivity contribution in [3.8, 4) is 0 Å². The van der Waals surface area contributed by atoms with E-state index >= 15 is 0 Å². The van der Waals surface area contributed by atoms with E-state index in [1.54, 1.807) is 34.0 Å². The standard InChI is InChI=1S/C19H20FN3O2S/c20-17-3-1-16(2-4-17)19(25)23-11-9-22(10-12-23)18(24)14-26-13-15-5-7-21-8-6-15/h1-8H,9-14H2. The monoisotopic (exact) mass is 373 g/mol. The molecule has 7 heteroatoms. The Kier molecular flexibility index (Phi) is 6.22. The minimum atomic E-state index is -0.360. The molecule has 136 valence electrons. The highest BCUT2D eigenvalue weighted by atomic mass is 32.2. The summed E-state index contributed by atoms with van der Waals surface area (Å²) in [5.74, 6) is 0.814. The van der Waals surface area contributed by atoms with Crippen molar-refractivity contribution in [3.05, 3.63) is 65.7 Å². The van der Waals surface area contributed by atoms with E-state index in [0.29, 0.717) is 37.5 Å². The second-order valence-corrected chi connectivity index (χ2v) is 7.01. The molecule has 1 fully saturated rings. The van der Waals surface area contributed by atoms with Gasteiger partial charge in [0.2, 0.25) is 5.91 Å². The highest BCUT2D eigenvalue weighted by Gasteiger charge is 2.24. The lowest BCUT2D eigenvalue weighted by Gasteiger charge is -2.34. The average Bonchev–Trinajstić information content (AvgIpc) is 2.69. The van der Waals surface area contributed by atoms with Crippen LogP contribution in [-0.4, -0.2) is 58.5 Å². The molecule has 1 aliphatic rings. The van der Waals surface area contributed by atoms with Gasteiger partial charge in [0.1, 0.15) is 5.82 Å². The van der Waals surface area contributed by atoms with Crippen molar-refractivity contribution in [2.24, 2.45) is 0 Å². The zero-order valence-corrected chi connectivity index (χ0v) is 15.1. The van der Waals surface area contributed by atoms with Crippen LogP contribution in [-0.2, 0) is 10.5 Å². The number of carbonyl (C=O) groups is 2. The summed E-state index contributed by atoms with van der Waals surface area (Å²) in [6, 6.07) is 9.44. The molecule has 1 aromatic heterocycles. The first kappa shape index (κ1) is 18.4. The van der Waals surface area contributed by atoms with Crippen LogP contribution in [0.25, 0.3) is 0 Å². The number of piperazine rings is 1. The Bertz CT molecular complexity index is 747. The molecule has 2 amide bonds. The van der Waals surface area contributed by atoms with E-state index in [0.717, 1.165) is 11.3 Å². The molecule has 0 bridgehead atoms. The maximum Gasteiger partial charge on any atom is 0.253 e. The summed E-state index contributed by atoms with van der Waals surface area (Å²) >= 11 is 1.58. The van der Waals surface area contributed by atoms with Crippen LogP contribution in [0.4, 0.5) is 4.39 Å². The molecule has 1 aliphatic heterocycles. The van der Waals surface area contributed by atoms with Crippen molar-refractivity contribution in [1.82, 2.24) is 14.8 Å². The van der Waals surface area contributed by atoms with Crippen molar-refractivity contribution in [2.45, 2.75) is 5.75 Å². The summed E-state index contributed by atoms with van der Waals surface area (Å²) < 4.78 is 13.0. The number of rotatable bonds is 5.